The minimum Gasteiger partial charge on any atom is -0.394 e. The van der Waals surface area contributed by atoms with Crippen molar-refractivity contribution in [1.29, 1.82) is 0 Å². The lowest BCUT2D eigenvalue weighted by Gasteiger charge is -2.20. The topological polar surface area (TPSA) is 69.6 Å². The van der Waals surface area contributed by atoms with Crippen LogP contribution in [0.25, 0.3) is 0 Å². The van der Waals surface area contributed by atoms with Crippen molar-refractivity contribution in [2.24, 2.45) is 0 Å². The summed E-state index contributed by atoms with van der Waals surface area (Å²) < 4.78 is 0. The molecule has 0 aliphatic carbocycles. The van der Waals surface area contributed by atoms with E-state index in [0.29, 0.717) is 6.42 Å². The summed E-state index contributed by atoms with van der Waals surface area (Å²) in [6, 6.07) is -0.621. The maximum atomic E-state index is 12.5. The quantitative estimate of drug-likeness (QED) is 0.0420. The third kappa shape index (κ3) is 63.3. The standard InChI is InChI=1S/C71H137NO3/c1-3-5-7-9-11-13-15-17-19-21-23-25-27-29-31-32-33-34-35-36-37-38-39-40-41-43-45-47-49-51-53-55-57-59-61-63-65-67-71(75)72-69(68-73)70(74)66-64-62-60-58-56-54-52-50-48-46-44-42-30-28-26-24-22-20-18-16-14-12-10-8-6-4-2/h15,17,21,23,64,66,69-70,73-74H,3-14,16,18-20,22,24-63,65,67-68H2,1-2H3,(H,72,75)/b17-15-,23-21-,66-64+. The normalized spacial score (nSPS) is 12.9. The van der Waals surface area contributed by atoms with Gasteiger partial charge in [0.1, 0.15) is 0 Å². The molecule has 0 aromatic carbocycles. The Morgan fingerprint density at radius 1 is 0.320 bits per heavy atom. The van der Waals surface area contributed by atoms with Gasteiger partial charge in [-0.1, -0.05) is 371 Å². The van der Waals surface area contributed by atoms with E-state index in [2.05, 4.69) is 43.5 Å². The Morgan fingerprint density at radius 2 is 0.547 bits per heavy atom. The summed E-state index contributed by atoms with van der Waals surface area (Å²) in [5.74, 6) is -0.0550. The van der Waals surface area contributed by atoms with Crippen molar-refractivity contribution < 1.29 is 15.0 Å². The Kier molecular flexibility index (Phi) is 65.6. The summed E-state index contributed by atoms with van der Waals surface area (Å²) >= 11 is 0. The number of aliphatic hydroxyl groups excluding tert-OH is 2. The lowest BCUT2D eigenvalue weighted by molar-refractivity contribution is -0.123. The zero-order chi connectivity index (χ0) is 54.1. The Morgan fingerprint density at radius 3 is 0.800 bits per heavy atom. The van der Waals surface area contributed by atoms with Crippen molar-refractivity contribution in [3.63, 3.8) is 0 Å². The van der Waals surface area contributed by atoms with E-state index in [-0.39, 0.29) is 12.5 Å². The maximum Gasteiger partial charge on any atom is 0.220 e. The minimum atomic E-state index is -0.839. The van der Waals surface area contributed by atoms with Crippen molar-refractivity contribution in [2.75, 3.05) is 6.61 Å². The molecule has 0 saturated carbocycles. The highest BCUT2D eigenvalue weighted by Crippen LogP contribution is 2.19. The van der Waals surface area contributed by atoms with Gasteiger partial charge in [0, 0.05) is 6.42 Å². The fraction of sp³-hybridized carbons (Fsp3) is 0.901. The molecular weight excluding hydrogens is 915 g/mol. The minimum absolute atomic E-state index is 0.0550. The number of unbranched alkanes of at least 4 members (excludes halogenated alkanes) is 54. The predicted octanol–water partition coefficient (Wildman–Crippen LogP) is 23.5. The molecule has 4 nitrogen and oxygen atoms in total. The Labute approximate surface area is 472 Å². The van der Waals surface area contributed by atoms with Crippen LogP contribution in [0.2, 0.25) is 0 Å². The van der Waals surface area contributed by atoms with Crippen molar-refractivity contribution in [2.45, 2.75) is 405 Å². The molecule has 0 saturated heterocycles. The summed E-state index contributed by atoms with van der Waals surface area (Å²) in [5.41, 5.74) is 0. The molecule has 3 N–H and O–H groups in total. The van der Waals surface area contributed by atoms with Gasteiger partial charge in [-0.05, 0) is 51.4 Å². The van der Waals surface area contributed by atoms with Gasteiger partial charge < -0.3 is 15.5 Å². The Balaban J connectivity index is 3.40. The summed E-state index contributed by atoms with van der Waals surface area (Å²) in [7, 11) is 0. The maximum absolute atomic E-state index is 12.5. The first-order valence-electron chi connectivity index (χ1n) is 34.7. The first-order valence-corrected chi connectivity index (χ1v) is 34.7. The number of allylic oxidation sites excluding steroid dienone is 5. The van der Waals surface area contributed by atoms with E-state index < -0.39 is 12.1 Å². The van der Waals surface area contributed by atoms with Crippen molar-refractivity contribution >= 4 is 5.91 Å². The van der Waals surface area contributed by atoms with E-state index in [1.54, 1.807) is 6.08 Å². The average Bonchev–Trinajstić information content (AvgIpc) is 3.41. The van der Waals surface area contributed by atoms with E-state index in [9.17, 15) is 15.0 Å². The van der Waals surface area contributed by atoms with E-state index >= 15 is 0 Å². The number of amides is 1. The number of aliphatic hydroxyl groups is 2. The van der Waals surface area contributed by atoms with Gasteiger partial charge in [-0.2, -0.15) is 0 Å². The van der Waals surface area contributed by atoms with Gasteiger partial charge in [0.05, 0.1) is 18.8 Å². The highest BCUT2D eigenvalue weighted by Gasteiger charge is 2.18. The van der Waals surface area contributed by atoms with Crippen LogP contribution in [0.3, 0.4) is 0 Å². The van der Waals surface area contributed by atoms with Crippen LogP contribution in [0.1, 0.15) is 393 Å². The molecule has 2 unspecified atom stereocenters. The zero-order valence-electron chi connectivity index (χ0n) is 51.3. The van der Waals surface area contributed by atoms with Crippen LogP contribution < -0.4 is 5.32 Å². The first-order chi connectivity index (χ1) is 37.2. The molecule has 0 aromatic heterocycles. The number of hydrogen-bond donors (Lipinski definition) is 3. The van der Waals surface area contributed by atoms with Crippen molar-refractivity contribution in [3.8, 4) is 0 Å². The Hall–Kier alpha value is -1.39. The molecular formula is C71H137NO3. The summed E-state index contributed by atoms with van der Waals surface area (Å²) in [6.45, 7) is 4.34. The second kappa shape index (κ2) is 66.9. The van der Waals surface area contributed by atoms with Crippen molar-refractivity contribution in [1.82, 2.24) is 5.32 Å². The smallest absolute Gasteiger partial charge is 0.220 e. The van der Waals surface area contributed by atoms with Crippen LogP contribution >= 0.6 is 0 Å². The number of nitrogens with one attached hydrogen (secondary N) is 1. The molecule has 75 heavy (non-hydrogen) atoms. The first kappa shape index (κ1) is 73.6. The molecule has 444 valence electrons. The third-order valence-electron chi connectivity index (χ3n) is 16.4. The molecule has 0 aliphatic rings. The molecule has 2 atom stereocenters. The van der Waals surface area contributed by atoms with Crippen LogP contribution in [0.5, 0.6) is 0 Å². The summed E-state index contributed by atoms with van der Waals surface area (Å²) in [5, 5.41) is 23.3. The zero-order valence-corrected chi connectivity index (χ0v) is 51.3. The Bertz CT molecular complexity index is 1150. The number of carbonyl (C=O) groups excluding carboxylic acids is 1. The lowest BCUT2D eigenvalue weighted by atomic mass is 10.0. The van der Waals surface area contributed by atoms with Gasteiger partial charge in [0.15, 0.2) is 0 Å². The van der Waals surface area contributed by atoms with Gasteiger partial charge >= 0.3 is 0 Å². The van der Waals surface area contributed by atoms with E-state index in [1.807, 2.05) is 6.08 Å². The fourth-order valence-corrected chi connectivity index (χ4v) is 11.1. The molecule has 0 fully saturated rings. The van der Waals surface area contributed by atoms with Gasteiger partial charge in [-0.3, -0.25) is 4.79 Å². The summed E-state index contributed by atoms with van der Waals surface area (Å²) in [6.07, 6.45) is 92.3. The van der Waals surface area contributed by atoms with E-state index in [4.69, 9.17) is 0 Å². The molecule has 0 heterocycles. The SMILES string of the molecule is CCCCCCC/C=C\C/C=C\CCCCCCCCCCCCCCCCCCCCCCCCCCCC(=O)NC(CO)C(O)/C=C/CCCCCCCCCCCCCCCCCCCCCCCCCC. The molecule has 0 aromatic rings. The highest BCUT2D eigenvalue weighted by atomic mass is 16.3. The van der Waals surface area contributed by atoms with Crippen molar-refractivity contribution in [3.05, 3.63) is 36.5 Å². The monoisotopic (exact) mass is 1050 g/mol. The van der Waals surface area contributed by atoms with Crippen LogP contribution in [-0.2, 0) is 4.79 Å². The fourth-order valence-electron chi connectivity index (χ4n) is 11.1. The van der Waals surface area contributed by atoms with Crippen LogP contribution in [0, 0.1) is 0 Å². The molecule has 4 heteroatoms. The second-order valence-electron chi connectivity index (χ2n) is 24.0. The van der Waals surface area contributed by atoms with Crippen LogP contribution in [-0.4, -0.2) is 34.9 Å². The van der Waals surface area contributed by atoms with Crippen LogP contribution in [0.15, 0.2) is 36.5 Å². The molecule has 0 radical (unpaired) electrons. The lowest BCUT2D eigenvalue weighted by Crippen LogP contribution is -2.45. The van der Waals surface area contributed by atoms with Gasteiger partial charge in [0.25, 0.3) is 0 Å². The van der Waals surface area contributed by atoms with Crippen LogP contribution in [0.4, 0.5) is 0 Å². The molecule has 1 amide bonds. The number of rotatable bonds is 65. The number of carbonyl (C=O) groups is 1. The molecule has 0 aliphatic heterocycles. The summed E-state index contributed by atoms with van der Waals surface area (Å²) in [4.78, 5) is 12.5. The van der Waals surface area contributed by atoms with Gasteiger partial charge in [0.2, 0.25) is 5.91 Å². The third-order valence-corrected chi connectivity index (χ3v) is 16.4. The van der Waals surface area contributed by atoms with E-state index in [1.165, 1.54) is 340 Å². The molecule has 0 bridgehead atoms. The largest absolute Gasteiger partial charge is 0.394 e. The predicted molar refractivity (Wildman–Crippen MR) is 336 cm³/mol. The number of hydrogen-bond acceptors (Lipinski definition) is 3. The second-order valence-corrected chi connectivity index (χ2v) is 24.0. The van der Waals surface area contributed by atoms with Gasteiger partial charge in [-0.25, -0.2) is 0 Å². The average molecular weight is 1050 g/mol. The molecule has 0 spiro atoms. The van der Waals surface area contributed by atoms with Gasteiger partial charge in [-0.15, -0.1) is 0 Å². The molecule has 0 rings (SSSR count). The van der Waals surface area contributed by atoms with E-state index in [0.717, 1.165) is 32.1 Å². The highest BCUT2D eigenvalue weighted by molar-refractivity contribution is 5.76.